The maximum Gasteiger partial charge on any atom is 0.219 e. The highest BCUT2D eigenvalue weighted by atomic mass is 16.6. The van der Waals surface area contributed by atoms with Crippen molar-refractivity contribution in [1.82, 2.24) is 0 Å². The maximum absolute atomic E-state index is 9.99. The van der Waals surface area contributed by atoms with Crippen LogP contribution in [0.1, 0.15) is 12.0 Å². The van der Waals surface area contributed by atoms with E-state index in [2.05, 4.69) is 0 Å². The zero-order valence-corrected chi connectivity index (χ0v) is 13.1. The van der Waals surface area contributed by atoms with Crippen LogP contribution in [0.2, 0.25) is 0 Å². The van der Waals surface area contributed by atoms with Crippen LogP contribution in [0.5, 0.6) is 11.5 Å². The Hall–Kier alpha value is -2.06. The topological polar surface area (TPSA) is 120 Å². The second-order valence-corrected chi connectivity index (χ2v) is 5.44. The Morgan fingerprint density at radius 2 is 2.04 bits per heavy atom. The van der Waals surface area contributed by atoms with Crippen molar-refractivity contribution >= 4 is 0 Å². The van der Waals surface area contributed by atoms with Crippen LogP contribution >= 0.6 is 0 Å². The average molecular weight is 338 g/mol. The first-order chi connectivity index (χ1) is 11.5. The predicted molar refractivity (Wildman–Crippen MR) is 84.9 cm³/mol. The van der Waals surface area contributed by atoms with Crippen LogP contribution in [0.3, 0.4) is 0 Å². The van der Waals surface area contributed by atoms with Gasteiger partial charge < -0.3 is 35.0 Å². The lowest BCUT2D eigenvalue weighted by Crippen LogP contribution is -2.27. The molecule has 0 spiro atoms. The van der Waals surface area contributed by atoms with Crippen molar-refractivity contribution in [3.05, 3.63) is 47.7 Å². The van der Waals surface area contributed by atoms with Gasteiger partial charge in [-0.05, 0) is 30.2 Å². The largest absolute Gasteiger partial charge is 0.504 e. The molecule has 0 bridgehead atoms. The van der Waals surface area contributed by atoms with E-state index >= 15 is 0 Å². The summed E-state index contributed by atoms with van der Waals surface area (Å²) < 4.78 is 10.3. The smallest absolute Gasteiger partial charge is 0.219 e. The van der Waals surface area contributed by atoms with Gasteiger partial charge in [-0.15, -0.1) is 0 Å². The second-order valence-electron chi connectivity index (χ2n) is 5.44. The molecule has 1 aromatic rings. The van der Waals surface area contributed by atoms with Crippen molar-refractivity contribution in [2.24, 2.45) is 5.92 Å². The summed E-state index contributed by atoms with van der Waals surface area (Å²) in [6.07, 6.45) is 2.96. The van der Waals surface area contributed by atoms with E-state index in [4.69, 9.17) is 14.6 Å². The number of hydrogen-bond donors (Lipinski definition) is 5. The van der Waals surface area contributed by atoms with Gasteiger partial charge in [-0.2, -0.15) is 0 Å². The van der Waals surface area contributed by atoms with E-state index in [-0.39, 0.29) is 37.1 Å². The molecule has 0 radical (unpaired) electrons. The number of hydrogen-bond acceptors (Lipinski definition) is 7. The summed E-state index contributed by atoms with van der Waals surface area (Å²) in [6, 6.07) is 4.48. The number of benzene rings is 1. The maximum atomic E-state index is 9.99. The fourth-order valence-corrected chi connectivity index (χ4v) is 2.48. The quantitative estimate of drug-likeness (QED) is 0.283. The van der Waals surface area contributed by atoms with E-state index in [9.17, 15) is 20.4 Å². The van der Waals surface area contributed by atoms with Gasteiger partial charge in [0.15, 0.2) is 17.8 Å². The second kappa shape index (κ2) is 8.70. The van der Waals surface area contributed by atoms with E-state index < -0.39 is 12.6 Å². The molecule has 0 saturated carbocycles. The van der Waals surface area contributed by atoms with Gasteiger partial charge in [0.25, 0.3) is 0 Å². The number of phenols is 2. The van der Waals surface area contributed by atoms with Crippen LogP contribution in [0, 0.1) is 5.92 Å². The van der Waals surface area contributed by atoms with Crippen LogP contribution in [0.4, 0.5) is 0 Å². The molecule has 3 atom stereocenters. The minimum Gasteiger partial charge on any atom is -0.504 e. The van der Waals surface area contributed by atoms with Crippen LogP contribution in [-0.4, -0.2) is 51.3 Å². The molecule has 1 aromatic carbocycles. The lowest BCUT2D eigenvalue weighted by molar-refractivity contribution is -0.110. The summed E-state index contributed by atoms with van der Waals surface area (Å²) in [4.78, 5) is 0. The fourth-order valence-electron chi connectivity index (χ4n) is 2.48. The van der Waals surface area contributed by atoms with E-state index in [1.54, 1.807) is 12.1 Å². The van der Waals surface area contributed by atoms with Crippen LogP contribution in [0.25, 0.3) is 0 Å². The van der Waals surface area contributed by atoms with Crippen LogP contribution in [0.15, 0.2) is 42.2 Å². The van der Waals surface area contributed by atoms with Gasteiger partial charge in [0.1, 0.15) is 0 Å². The number of ether oxygens (including phenoxy) is 2. The molecular formula is C17H22O7. The molecule has 2 rings (SSSR count). The molecule has 0 aromatic heterocycles. The van der Waals surface area contributed by atoms with Gasteiger partial charge in [0.05, 0.1) is 19.5 Å². The van der Waals surface area contributed by atoms with Crippen molar-refractivity contribution in [2.75, 3.05) is 13.2 Å². The Balaban J connectivity index is 1.83. The Labute approximate surface area is 139 Å². The molecular weight excluding hydrogens is 316 g/mol. The number of phenolic OH excluding ortho intramolecular Hbond substituents is 2. The summed E-state index contributed by atoms with van der Waals surface area (Å²) in [5.41, 5.74) is 1.24. The van der Waals surface area contributed by atoms with Crippen molar-refractivity contribution < 1.29 is 35.0 Å². The molecule has 0 saturated heterocycles. The van der Waals surface area contributed by atoms with Gasteiger partial charge in [-0.25, -0.2) is 0 Å². The first kappa shape index (κ1) is 18.3. The highest BCUT2D eigenvalue weighted by molar-refractivity contribution is 5.40. The summed E-state index contributed by atoms with van der Waals surface area (Å²) in [5.74, 6) is -0.686. The average Bonchev–Trinajstić information content (AvgIpc) is 2.54. The molecule has 7 nitrogen and oxygen atoms in total. The third-order valence-corrected chi connectivity index (χ3v) is 3.76. The minimum atomic E-state index is -1.14. The van der Waals surface area contributed by atoms with E-state index in [0.717, 1.165) is 5.56 Å². The van der Waals surface area contributed by atoms with Crippen molar-refractivity contribution in [3.63, 3.8) is 0 Å². The van der Waals surface area contributed by atoms with Crippen molar-refractivity contribution in [1.29, 1.82) is 0 Å². The van der Waals surface area contributed by atoms with Gasteiger partial charge >= 0.3 is 0 Å². The highest BCUT2D eigenvalue weighted by Crippen LogP contribution is 2.27. The normalized spacial score (nSPS) is 23.2. The molecule has 0 fully saturated rings. The predicted octanol–water partition coefficient (Wildman–Crippen LogP) is 0.763. The molecule has 1 aliphatic heterocycles. The monoisotopic (exact) mass is 338 g/mol. The highest BCUT2D eigenvalue weighted by Gasteiger charge is 2.25. The third-order valence-electron chi connectivity index (χ3n) is 3.76. The molecule has 132 valence electrons. The van der Waals surface area contributed by atoms with E-state index in [1.807, 2.05) is 0 Å². The number of allylic oxidation sites excluding steroid dienone is 1. The molecule has 1 heterocycles. The number of aliphatic hydroxyl groups is 3. The number of aliphatic hydroxyl groups excluding tert-OH is 3. The lowest BCUT2D eigenvalue weighted by Gasteiger charge is -2.27. The standard InChI is InChI=1S/C17H22O7/c18-6-3-13-12(5-8-24-17(13)22)10-16(21)23-7-4-11-1-2-14(19)15(20)9-11/h1-3,5,8-9,12,16-22H,4,6-7,10H2/b13-3-/t12-,16?,17-/m0/s1. The van der Waals surface area contributed by atoms with E-state index in [1.165, 1.54) is 24.5 Å². The summed E-state index contributed by atoms with van der Waals surface area (Å²) in [5, 5.41) is 47.4. The first-order valence-electron chi connectivity index (χ1n) is 7.62. The Morgan fingerprint density at radius 3 is 2.75 bits per heavy atom. The van der Waals surface area contributed by atoms with Crippen LogP contribution in [-0.2, 0) is 15.9 Å². The minimum absolute atomic E-state index is 0.187. The first-order valence-corrected chi connectivity index (χ1v) is 7.62. The zero-order chi connectivity index (χ0) is 17.5. The molecule has 1 aliphatic rings. The van der Waals surface area contributed by atoms with Gasteiger partial charge in [0, 0.05) is 17.9 Å². The van der Waals surface area contributed by atoms with Gasteiger partial charge in [-0.1, -0.05) is 12.1 Å². The summed E-state index contributed by atoms with van der Waals surface area (Å²) >= 11 is 0. The SMILES string of the molecule is OC/C=C1/[C@H](CC(O)OCCc2ccc(O)c(O)c2)C=CO[C@@H]1O. The molecule has 7 heteroatoms. The van der Waals surface area contributed by atoms with Gasteiger partial charge in [0.2, 0.25) is 6.29 Å². The number of rotatable bonds is 7. The lowest BCUT2D eigenvalue weighted by atomic mass is 9.93. The summed E-state index contributed by atoms with van der Waals surface area (Å²) in [7, 11) is 0. The number of aromatic hydroxyl groups is 2. The fraction of sp³-hybridized carbons (Fsp3) is 0.412. The Morgan fingerprint density at radius 1 is 1.25 bits per heavy atom. The molecule has 0 amide bonds. The van der Waals surface area contributed by atoms with Crippen LogP contribution < -0.4 is 0 Å². The Kier molecular flexibility index (Phi) is 6.62. The molecule has 5 N–H and O–H groups in total. The molecule has 0 aliphatic carbocycles. The third kappa shape index (κ3) is 4.97. The van der Waals surface area contributed by atoms with Gasteiger partial charge in [-0.3, -0.25) is 0 Å². The van der Waals surface area contributed by atoms with Crippen molar-refractivity contribution in [3.8, 4) is 11.5 Å². The molecule has 1 unspecified atom stereocenters. The molecule has 24 heavy (non-hydrogen) atoms. The zero-order valence-electron chi connectivity index (χ0n) is 13.1. The Bertz CT molecular complexity index is 597. The summed E-state index contributed by atoms with van der Waals surface area (Å²) in [6.45, 7) is -0.0126. The van der Waals surface area contributed by atoms with Crippen molar-refractivity contribution in [2.45, 2.75) is 25.4 Å². The van der Waals surface area contributed by atoms with E-state index in [0.29, 0.717) is 12.0 Å².